The number of ether oxygens (including phenoxy) is 2. The molecule has 5 heteroatoms. The van der Waals surface area contributed by atoms with Crippen LogP contribution in [0.5, 0.6) is 5.75 Å². The Morgan fingerprint density at radius 2 is 2.37 bits per heavy atom. The van der Waals surface area contributed by atoms with Crippen LogP contribution in [0, 0.1) is 5.41 Å². The Bertz CT molecular complexity index is 465. The number of rotatable bonds is 5. The lowest BCUT2D eigenvalue weighted by Gasteiger charge is -2.14. The maximum Gasteiger partial charge on any atom is 0.130 e. The molecule has 1 aromatic rings. The molecule has 0 bridgehead atoms. The fourth-order valence-electron chi connectivity index (χ4n) is 2.18. The zero-order valence-corrected chi connectivity index (χ0v) is 12.1. The molecule has 0 aliphatic carbocycles. The highest BCUT2D eigenvalue weighted by molar-refractivity contribution is 7.99. The first-order valence-electron chi connectivity index (χ1n) is 6.36. The van der Waals surface area contributed by atoms with Crippen LogP contribution >= 0.6 is 11.8 Å². The van der Waals surface area contributed by atoms with Crippen molar-refractivity contribution in [2.45, 2.75) is 30.5 Å². The normalized spacial score (nSPS) is 22.4. The van der Waals surface area contributed by atoms with E-state index in [1.54, 1.807) is 7.11 Å². The van der Waals surface area contributed by atoms with Crippen molar-refractivity contribution in [2.75, 3.05) is 13.7 Å². The summed E-state index contributed by atoms with van der Waals surface area (Å²) in [6.45, 7) is 3.00. The average molecular weight is 280 g/mol. The van der Waals surface area contributed by atoms with Crippen LogP contribution in [0.15, 0.2) is 18.2 Å². The van der Waals surface area contributed by atoms with Gasteiger partial charge in [0.05, 0.1) is 18.8 Å². The topological polar surface area (TPSA) is 68.3 Å². The van der Waals surface area contributed by atoms with Gasteiger partial charge in [-0.2, -0.15) is 11.8 Å². The fraction of sp³-hybridized carbons (Fsp3) is 0.500. The Hall–Kier alpha value is -1.20. The smallest absolute Gasteiger partial charge is 0.130 e. The minimum atomic E-state index is 0.0360. The number of hydrogen-bond donors (Lipinski definition) is 2. The number of amidine groups is 1. The van der Waals surface area contributed by atoms with E-state index in [1.807, 2.05) is 30.0 Å². The molecule has 0 radical (unpaired) electrons. The van der Waals surface area contributed by atoms with Crippen LogP contribution in [0.4, 0.5) is 0 Å². The molecular weight excluding hydrogens is 260 g/mol. The average Bonchev–Trinajstić information content (AvgIpc) is 2.81. The van der Waals surface area contributed by atoms with Gasteiger partial charge in [0.15, 0.2) is 0 Å². The molecule has 1 saturated heterocycles. The van der Waals surface area contributed by atoms with E-state index < -0.39 is 0 Å². The third kappa shape index (κ3) is 3.42. The van der Waals surface area contributed by atoms with Gasteiger partial charge >= 0.3 is 0 Å². The Morgan fingerprint density at radius 1 is 1.58 bits per heavy atom. The molecule has 104 valence electrons. The second-order valence-electron chi connectivity index (χ2n) is 4.66. The number of nitrogens with two attached hydrogens (primary N) is 1. The molecule has 2 unspecified atom stereocenters. The zero-order valence-electron chi connectivity index (χ0n) is 11.3. The second-order valence-corrected chi connectivity index (χ2v) is 5.89. The summed E-state index contributed by atoms with van der Waals surface area (Å²) in [7, 11) is 1.60. The number of nitrogen functional groups attached to an aromatic ring is 1. The molecule has 2 rings (SSSR count). The lowest BCUT2D eigenvalue weighted by molar-refractivity contribution is 0.127. The number of thioether (sulfide) groups is 1. The molecule has 1 heterocycles. The molecular formula is C14H20N2O2S. The molecule has 0 saturated carbocycles. The van der Waals surface area contributed by atoms with Gasteiger partial charge in [0.2, 0.25) is 0 Å². The van der Waals surface area contributed by atoms with E-state index in [-0.39, 0.29) is 5.84 Å². The Morgan fingerprint density at radius 3 is 2.95 bits per heavy atom. The summed E-state index contributed by atoms with van der Waals surface area (Å²) in [6.07, 6.45) is 1.46. The molecule has 4 nitrogen and oxygen atoms in total. The van der Waals surface area contributed by atoms with Crippen molar-refractivity contribution in [3.8, 4) is 5.75 Å². The summed E-state index contributed by atoms with van der Waals surface area (Å²) in [5, 5.41) is 8.06. The summed E-state index contributed by atoms with van der Waals surface area (Å²) < 4.78 is 10.8. The second kappa shape index (κ2) is 6.30. The minimum Gasteiger partial charge on any atom is -0.496 e. The van der Waals surface area contributed by atoms with E-state index in [4.69, 9.17) is 20.6 Å². The molecule has 2 atom stereocenters. The van der Waals surface area contributed by atoms with Crippen LogP contribution in [0.3, 0.4) is 0 Å². The van der Waals surface area contributed by atoms with Crippen molar-refractivity contribution in [1.82, 2.24) is 0 Å². The zero-order chi connectivity index (χ0) is 13.8. The van der Waals surface area contributed by atoms with E-state index in [2.05, 4.69) is 6.92 Å². The molecule has 0 aromatic heterocycles. The van der Waals surface area contributed by atoms with E-state index in [1.165, 1.54) is 5.56 Å². The Kier molecular flexibility index (Phi) is 4.71. The van der Waals surface area contributed by atoms with E-state index in [0.717, 1.165) is 18.8 Å². The van der Waals surface area contributed by atoms with Gasteiger partial charge in [-0.3, -0.25) is 5.41 Å². The van der Waals surface area contributed by atoms with Crippen molar-refractivity contribution in [3.05, 3.63) is 29.3 Å². The van der Waals surface area contributed by atoms with Crippen LogP contribution in [0.2, 0.25) is 0 Å². The number of methoxy groups -OCH3 is 1. The van der Waals surface area contributed by atoms with E-state index in [0.29, 0.717) is 22.7 Å². The monoisotopic (exact) mass is 280 g/mol. The van der Waals surface area contributed by atoms with Crippen molar-refractivity contribution in [3.63, 3.8) is 0 Å². The lowest BCUT2D eigenvalue weighted by atomic mass is 10.1. The van der Waals surface area contributed by atoms with Crippen molar-refractivity contribution < 1.29 is 9.47 Å². The highest BCUT2D eigenvalue weighted by atomic mass is 32.2. The van der Waals surface area contributed by atoms with E-state index >= 15 is 0 Å². The maximum atomic E-state index is 7.49. The first-order chi connectivity index (χ1) is 9.11. The molecule has 1 aliphatic rings. The Balaban J connectivity index is 2.02. The molecule has 3 N–H and O–H groups in total. The molecule has 1 fully saturated rings. The summed E-state index contributed by atoms with van der Waals surface area (Å²) in [5.41, 5.74) is 7.35. The number of hydrogen-bond acceptors (Lipinski definition) is 4. The van der Waals surface area contributed by atoms with Crippen LogP contribution < -0.4 is 10.5 Å². The van der Waals surface area contributed by atoms with Gasteiger partial charge in [-0.1, -0.05) is 6.07 Å². The van der Waals surface area contributed by atoms with Crippen molar-refractivity contribution in [2.24, 2.45) is 5.73 Å². The van der Waals surface area contributed by atoms with Crippen LogP contribution in [-0.4, -0.2) is 30.9 Å². The number of nitrogens with one attached hydrogen (secondary N) is 1. The van der Waals surface area contributed by atoms with Crippen molar-refractivity contribution in [1.29, 1.82) is 5.41 Å². The van der Waals surface area contributed by atoms with Gasteiger partial charge in [-0.15, -0.1) is 0 Å². The number of benzene rings is 1. The fourth-order valence-corrected chi connectivity index (χ4v) is 3.38. The quantitative estimate of drug-likeness (QED) is 0.642. The molecule has 1 aromatic carbocycles. The van der Waals surface area contributed by atoms with Crippen molar-refractivity contribution >= 4 is 17.6 Å². The standard InChI is InChI=1S/C14H20N2O2S/c1-9-13(5-6-18-9)19-8-10-3-4-11(14(15)16)12(7-10)17-2/h3-4,7,9,13H,5-6,8H2,1-2H3,(H3,15,16). The first-order valence-corrected chi connectivity index (χ1v) is 7.41. The van der Waals surface area contributed by atoms with Gasteiger partial charge in [0.1, 0.15) is 11.6 Å². The van der Waals surface area contributed by atoms with Gasteiger partial charge in [-0.05, 0) is 31.0 Å². The van der Waals surface area contributed by atoms with E-state index in [9.17, 15) is 0 Å². The highest BCUT2D eigenvalue weighted by Crippen LogP contribution is 2.30. The summed E-state index contributed by atoms with van der Waals surface area (Å²) in [6, 6.07) is 5.82. The summed E-state index contributed by atoms with van der Waals surface area (Å²) in [5.74, 6) is 1.63. The summed E-state index contributed by atoms with van der Waals surface area (Å²) >= 11 is 1.91. The third-order valence-electron chi connectivity index (χ3n) is 3.33. The van der Waals surface area contributed by atoms with Gasteiger partial charge in [-0.25, -0.2) is 0 Å². The molecule has 1 aliphatic heterocycles. The minimum absolute atomic E-state index is 0.0360. The highest BCUT2D eigenvalue weighted by Gasteiger charge is 2.24. The molecule has 0 amide bonds. The molecule has 19 heavy (non-hydrogen) atoms. The Labute approximate surface area is 118 Å². The van der Waals surface area contributed by atoms with Crippen LogP contribution in [0.25, 0.3) is 0 Å². The summed E-state index contributed by atoms with van der Waals surface area (Å²) in [4.78, 5) is 0. The predicted molar refractivity (Wildman–Crippen MR) is 79.1 cm³/mol. The van der Waals surface area contributed by atoms with Gasteiger partial charge in [0.25, 0.3) is 0 Å². The SMILES string of the molecule is COc1cc(CSC2CCOC2C)ccc1C(=N)N. The van der Waals surface area contributed by atoms with Crippen LogP contribution in [-0.2, 0) is 10.5 Å². The van der Waals surface area contributed by atoms with Gasteiger partial charge in [0, 0.05) is 17.6 Å². The largest absolute Gasteiger partial charge is 0.496 e. The van der Waals surface area contributed by atoms with Crippen LogP contribution in [0.1, 0.15) is 24.5 Å². The van der Waals surface area contributed by atoms with Gasteiger partial charge < -0.3 is 15.2 Å². The maximum absolute atomic E-state index is 7.49. The predicted octanol–water partition coefficient (Wildman–Crippen LogP) is 2.39. The third-order valence-corrected chi connectivity index (χ3v) is 4.87. The lowest BCUT2D eigenvalue weighted by Crippen LogP contribution is -2.14. The molecule has 0 spiro atoms. The first kappa shape index (κ1) is 14.2.